The summed E-state index contributed by atoms with van der Waals surface area (Å²) in [5.74, 6) is 0.0370. The van der Waals surface area contributed by atoms with Crippen LogP contribution in [0.5, 0.6) is 0 Å². The van der Waals surface area contributed by atoms with Crippen molar-refractivity contribution in [2.45, 2.75) is 32.4 Å². The Kier molecular flexibility index (Phi) is 3.11. The average Bonchev–Trinajstić information content (AvgIpc) is 2.27. The number of carbonyl (C=O) groups is 2. The van der Waals surface area contributed by atoms with Gasteiger partial charge in [0.15, 0.2) is 11.6 Å². The Labute approximate surface area is 101 Å². The summed E-state index contributed by atoms with van der Waals surface area (Å²) in [6.07, 6.45) is 0.0816. The summed E-state index contributed by atoms with van der Waals surface area (Å²) in [5.41, 5.74) is 0.590. The molecule has 0 saturated carbocycles. The number of ketones is 2. The van der Waals surface area contributed by atoms with E-state index in [1.54, 1.807) is 0 Å². The molecule has 3 heteroatoms. The molecule has 0 amide bonds. The number of Topliss-reactive ketones (excluding diaryl/α,β-unsaturated/α-hetero) is 2. The second-order valence-corrected chi connectivity index (χ2v) is 5.04. The highest BCUT2D eigenvalue weighted by Crippen LogP contribution is 2.24. The number of benzene rings is 1. The van der Waals surface area contributed by atoms with Crippen molar-refractivity contribution < 1.29 is 9.59 Å². The molecule has 1 heterocycles. The molecule has 0 spiro atoms. The fourth-order valence-electron chi connectivity index (χ4n) is 2.10. The van der Waals surface area contributed by atoms with Crippen LogP contribution in [0, 0.1) is 0 Å². The number of likely N-dealkylation sites (tertiary alicyclic amines) is 1. The van der Waals surface area contributed by atoms with Crippen LogP contribution >= 0.6 is 0 Å². The predicted octanol–water partition coefficient (Wildman–Crippen LogP) is 1.81. The van der Waals surface area contributed by atoms with Gasteiger partial charge in [-0.15, -0.1) is 0 Å². The number of piperidine rings is 1. The molecule has 0 aromatic heterocycles. The van der Waals surface area contributed by atoms with Crippen molar-refractivity contribution >= 4 is 11.6 Å². The highest BCUT2D eigenvalue weighted by molar-refractivity contribution is 6.06. The zero-order valence-electron chi connectivity index (χ0n) is 10.3. The zero-order chi connectivity index (χ0) is 12.5. The van der Waals surface area contributed by atoms with E-state index in [0.717, 1.165) is 5.56 Å². The number of rotatable bonds is 2. The monoisotopic (exact) mass is 231 g/mol. The molecule has 0 N–H and O–H groups in total. The third kappa shape index (κ3) is 2.44. The topological polar surface area (TPSA) is 37.4 Å². The van der Waals surface area contributed by atoms with Gasteiger partial charge >= 0.3 is 0 Å². The van der Waals surface area contributed by atoms with E-state index in [0.29, 0.717) is 13.1 Å². The van der Waals surface area contributed by atoms with Gasteiger partial charge in [0.2, 0.25) is 0 Å². The molecule has 17 heavy (non-hydrogen) atoms. The van der Waals surface area contributed by atoms with Crippen LogP contribution in [0.2, 0.25) is 0 Å². The lowest BCUT2D eigenvalue weighted by molar-refractivity contribution is -0.141. The maximum atomic E-state index is 11.9. The van der Waals surface area contributed by atoms with Gasteiger partial charge in [-0.05, 0) is 19.4 Å². The van der Waals surface area contributed by atoms with E-state index in [9.17, 15) is 9.59 Å². The molecule has 1 aliphatic rings. The molecule has 0 atom stereocenters. The van der Waals surface area contributed by atoms with Crippen LogP contribution in [0.1, 0.15) is 25.8 Å². The maximum absolute atomic E-state index is 11.9. The summed E-state index contributed by atoms with van der Waals surface area (Å²) in [5, 5.41) is 0. The van der Waals surface area contributed by atoms with E-state index in [4.69, 9.17) is 0 Å². The minimum absolute atomic E-state index is 0.0182. The predicted molar refractivity (Wildman–Crippen MR) is 65.6 cm³/mol. The standard InChI is InChI=1S/C14H17NO2/c1-14(2)13(17)8-12(16)10-15(14)9-11-6-4-3-5-7-11/h3-7H,8-10H2,1-2H3. The van der Waals surface area contributed by atoms with Crippen molar-refractivity contribution in [3.63, 3.8) is 0 Å². The molecular weight excluding hydrogens is 214 g/mol. The Morgan fingerprint density at radius 3 is 2.47 bits per heavy atom. The van der Waals surface area contributed by atoms with E-state index < -0.39 is 5.54 Å². The summed E-state index contributed by atoms with van der Waals surface area (Å²) in [6, 6.07) is 9.92. The molecule has 1 aliphatic heterocycles. The van der Waals surface area contributed by atoms with Crippen LogP contribution in [-0.2, 0) is 16.1 Å². The Morgan fingerprint density at radius 1 is 1.18 bits per heavy atom. The lowest BCUT2D eigenvalue weighted by atomic mass is 9.88. The number of carbonyl (C=O) groups excluding carboxylic acids is 2. The molecule has 1 aromatic rings. The summed E-state index contributed by atoms with van der Waals surface area (Å²) in [7, 11) is 0. The maximum Gasteiger partial charge on any atom is 0.159 e. The Balaban J connectivity index is 2.19. The van der Waals surface area contributed by atoms with Crippen molar-refractivity contribution in [1.29, 1.82) is 0 Å². The molecule has 0 unspecified atom stereocenters. The molecule has 0 radical (unpaired) electrons. The average molecular weight is 231 g/mol. The largest absolute Gasteiger partial charge is 0.298 e. The van der Waals surface area contributed by atoms with E-state index in [2.05, 4.69) is 0 Å². The first-order chi connectivity index (χ1) is 8.00. The Hall–Kier alpha value is -1.48. The second-order valence-electron chi connectivity index (χ2n) is 5.04. The van der Waals surface area contributed by atoms with E-state index in [-0.39, 0.29) is 18.0 Å². The van der Waals surface area contributed by atoms with Crippen LogP contribution in [0.15, 0.2) is 30.3 Å². The first kappa shape index (κ1) is 12.0. The van der Waals surface area contributed by atoms with Gasteiger partial charge in [0.05, 0.1) is 18.5 Å². The lowest BCUT2D eigenvalue weighted by Gasteiger charge is -2.40. The Morgan fingerprint density at radius 2 is 1.82 bits per heavy atom. The van der Waals surface area contributed by atoms with Crippen LogP contribution in [0.3, 0.4) is 0 Å². The van der Waals surface area contributed by atoms with Crippen LogP contribution in [0.4, 0.5) is 0 Å². The van der Waals surface area contributed by atoms with Crippen molar-refractivity contribution in [2.75, 3.05) is 6.54 Å². The highest BCUT2D eigenvalue weighted by Gasteiger charge is 2.40. The summed E-state index contributed by atoms with van der Waals surface area (Å²) in [6.45, 7) is 4.80. The van der Waals surface area contributed by atoms with Gasteiger partial charge in [0.1, 0.15) is 0 Å². The zero-order valence-corrected chi connectivity index (χ0v) is 10.3. The summed E-state index contributed by atoms with van der Waals surface area (Å²) < 4.78 is 0. The lowest BCUT2D eigenvalue weighted by Crippen LogP contribution is -2.56. The third-order valence-electron chi connectivity index (χ3n) is 3.41. The number of hydrogen-bond acceptors (Lipinski definition) is 3. The second kappa shape index (κ2) is 4.41. The molecule has 1 saturated heterocycles. The molecule has 2 rings (SSSR count). The Bertz CT molecular complexity index is 437. The first-order valence-corrected chi connectivity index (χ1v) is 5.84. The summed E-state index contributed by atoms with van der Waals surface area (Å²) in [4.78, 5) is 25.3. The van der Waals surface area contributed by atoms with E-state index in [1.807, 2.05) is 49.1 Å². The smallest absolute Gasteiger partial charge is 0.159 e. The molecule has 0 aliphatic carbocycles. The molecule has 3 nitrogen and oxygen atoms in total. The first-order valence-electron chi connectivity index (χ1n) is 5.84. The minimum Gasteiger partial charge on any atom is -0.298 e. The van der Waals surface area contributed by atoms with Crippen molar-refractivity contribution in [2.24, 2.45) is 0 Å². The molecule has 1 fully saturated rings. The minimum atomic E-state index is -0.538. The van der Waals surface area contributed by atoms with Gasteiger partial charge in [-0.3, -0.25) is 14.5 Å². The fraction of sp³-hybridized carbons (Fsp3) is 0.429. The van der Waals surface area contributed by atoms with Gasteiger partial charge in [-0.2, -0.15) is 0 Å². The number of nitrogens with zero attached hydrogens (tertiary/aromatic N) is 1. The SMILES string of the molecule is CC1(C)C(=O)CC(=O)CN1Cc1ccccc1. The van der Waals surface area contributed by atoms with Gasteiger partial charge in [0, 0.05) is 6.54 Å². The van der Waals surface area contributed by atoms with Crippen molar-refractivity contribution in [3.05, 3.63) is 35.9 Å². The molecule has 90 valence electrons. The quantitative estimate of drug-likeness (QED) is 0.728. The van der Waals surface area contributed by atoms with Gasteiger partial charge in [0.25, 0.3) is 0 Å². The normalized spacial score (nSPS) is 20.6. The van der Waals surface area contributed by atoms with Gasteiger partial charge in [-0.25, -0.2) is 0 Å². The highest BCUT2D eigenvalue weighted by atomic mass is 16.2. The molecule has 1 aromatic carbocycles. The van der Waals surface area contributed by atoms with Crippen LogP contribution in [-0.4, -0.2) is 28.6 Å². The summed E-state index contributed by atoms with van der Waals surface area (Å²) >= 11 is 0. The molecular formula is C14H17NO2. The van der Waals surface area contributed by atoms with Gasteiger partial charge < -0.3 is 0 Å². The van der Waals surface area contributed by atoms with Gasteiger partial charge in [-0.1, -0.05) is 30.3 Å². The van der Waals surface area contributed by atoms with E-state index in [1.165, 1.54) is 0 Å². The van der Waals surface area contributed by atoms with Crippen LogP contribution < -0.4 is 0 Å². The van der Waals surface area contributed by atoms with E-state index >= 15 is 0 Å². The number of hydrogen-bond donors (Lipinski definition) is 0. The molecule has 0 bridgehead atoms. The van der Waals surface area contributed by atoms with Crippen molar-refractivity contribution in [3.8, 4) is 0 Å². The van der Waals surface area contributed by atoms with Crippen LogP contribution in [0.25, 0.3) is 0 Å². The fourth-order valence-corrected chi connectivity index (χ4v) is 2.10. The third-order valence-corrected chi connectivity index (χ3v) is 3.41. The van der Waals surface area contributed by atoms with Crippen molar-refractivity contribution in [1.82, 2.24) is 4.90 Å².